The van der Waals surface area contributed by atoms with Crippen LogP contribution >= 0.6 is 0 Å². The number of nitrogens with one attached hydrogen (secondary N) is 1. The molecule has 0 amide bonds. The Morgan fingerprint density at radius 2 is 2.03 bits per heavy atom. The fraction of sp³-hybridized carbons (Fsp3) is 0.296. The van der Waals surface area contributed by atoms with Gasteiger partial charge in [0.1, 0.15) is 0 Å². The van der Waals surface area contributed by atoms with Crippen molar-refractivity contribution >= 4 is 11.4 Å². The predicted octanol–water partition coefficient (Wildman–Crippen LogP) is 5.71. The number of anilines is 2. The van der Waals surface area contributed by atoms with Crippen LogP contribution in [0.2, 0.25) is 0 Å². The molecule has 1 aromatic heterocycles. The number of aryl methyl sites for hydroxylation is 1. The minimum Gasteiger partial charge on any atom is -0.355 e. The van der Waals surface area contributed by atoms with Crippen molar-refractivity contribution in [2.45, 2.75) is 45.2 Å². The van der Waals surface area contributed by atoms with Gasteiger partial charge in [0.25, 0.3) is 0 Å². The highest BCUT2D eigenvalue weighted by molar-refractivity contribution is 5.73. The van der Waals surface area contributed by atoms with E-state index in [0.29, 0.717) is 6.04 Å². The predicted molar refractivity (Wildman–Crippen MR) is 124 cm³/mol. The summed E-state index contributed by atoms with van der Waals surface area (Å²) >= 11 is 0. The molecule has 150 valence electrons. The molecule has 0 bridgehead atoms. The van der Waals surface area contributed by atoms with Crippen LogP contribution in [-0.2, 0) is 13.0 Å². The molecular weight excluding hydrogens is 366 g/mol. The third-order valence-electron chi connectivity index (χ3n) is 6.33. The second-order valence-corrected chi connectivity index (χ2v) is 8.28. The van der Waals surface area contributed by atoms with E-state index in [9.17, 15) is 0 Å². The highest BCUT2D eigenvalue weighted by Gasteiger charge is 2.25. The lowest BCUT2D eigenvalue weighted by atomic mass is 9.94. The molecule has 2 aliphatic rings. The van der Waals surface area contributed by atoms with Gasteiger partial charge in [0.2, 0.25) is 0 Å². The molecule has 3 aromatic rings. The SMILES string of the molecule is Cc1ccc(Nc2cccc3c2CCN(C2CC#CCC2)C3)cc1-c1ccccn1. The molecular formula is C27H27N3. The van der Waals surface area contributed by atoms with E-state index < -0.39 is 0 Å². The molecule has 3 nitrogen and oxygen atoms in total. The third kappa shape index (κ3) is 3.84. The first kappa shape index (κ1) is 18.9. The zero-order valence-corrected chi connectivity index (χ0v) is 17.5. The number of aromatic nitrogens is 1. The van der Waals surface area contributed by atoms with Crippen molar-refractivity contribution < 1.29 is 0 Å². The number of hydrogen-bond acceptors (Lipinski definition) is 3. The average Bonchev–Trinajstić information content (AvgIpc) is 2.81. The van der Waals surface area contributed by atoms with E-state index in [-0.39, 0.29) is 0 Å². The molecule has 3 heteroatoms. The Hall–Kier alpha value is -3.09. The molecule has 0 radical (unpaired) electrons. The molecule has 2 aromatic carbocycles. The number of benzene rings is 2. The van der Waals surface area contributed by atoms with Crippen LogP contribution in [0.4, 0.5) is 11.4 Å². The minimum atomic E-state index is 0.619. The maximum Gasteiger partial charge on any atom is 0.0705 e. The summed E-state index contributed by atoms with van der Waals surface area (Å²) in [6.45, 7) is 4.29. The number of rotatable bonds is 4. The Balaban J connectivity index is 1.39. The number of hydrogen-bond donors (Lipinski definition) is 1. The summed E-state index contributed by atoms with van der Waals surface area (Å²) in [6.07, 6.45) is 6.21. The van der Waals surface area contributed by atoms with Crippen molar-refractivity contribution in [3.8, 4) is 23.1 Å². The monoisotopic (exact) mass is 393 g/mol. The molecule has 0 fully saturated rings. The maximum atomic E-state index is 4.54. The molecule has 0 saturated carbocycles. The van der Waals surface area contributed by atoms with Gasteiger partial charge in [-0.15, -0.1) is 11.8 Å². The van der Waals surface area contributed by atoms with Crippen molar-refractivity contribution in [2.24, 2.45) is 0 Å². The van der Waals surface area contributed by atoms with Crippen LogP contribution in [0.3, 0.4) is 0 Å². The van der Waals surface area contributed by atoms with Crippen LogP contribution < -0.4 is 5.32 Å². The molecule has 0 saturated heterocycles. The fourth-order valence-corrected chi connectivity index (χ4v) is 4.64. The molecule has 5 rings (SSSR count). The summed E-state index contributed by atoms with van der Waals surface area (Å²) in [5.74, 6) is 6.55. The van der Waals surface area contributed by atoms with Gasteiger partial charge in [-0.1, -0.05) is 24.3 Å². The van der Waals surface area contributed by atoms with Crippen molar-refractivity contribution in [3.63, 3.8) is 0 Å². The van der Waals surface area contributed by atoms with Gasteiger partial charge in [-0.2, -0.15) is 0 Å². The van der Waals surface area contributed by atoms with Gasteiger partial charge in [-0.25, -0.2) is 0 Å². The molecule has 2 heterocycles. The van der Waals surface area contributed by atoms with Gasteiger partial charge in [0.15, 0.2) is 0 Å². The quantitative estimate of drug-likeness (QED) is 0.575. The normalized spacial score (nSPS) is 18.2. The highest BCUT2D eigenvalue weighted by Crippen LogP contribution is 2.32. The minimum absolute atomic E-state index is 0.619. The third-order valence-corrected chi connectivity index (χ3v) is 6.33. The molecule has 1 N–H and O–H groups in total. The topological polar surface area (TPSA) is 28.2 Å². The molecule has 1 aliphatic carbocycles. The summed E-state index contributed by atoms with van der Waals surface area (Å²) in [5, 5.41) is 3.70. The second-order valence-electron chi connectivity index (χ2n) is 8.28. The van der Waals surface area contributed by atoms with Gasteiger partial charge in [0.05, 0.1) is 5.69 Å². The summed E-state index contributed by atoms with van der Waals surface area (Å²) < 4.78 is 0. The van der Waals surface area contributed by atoms with Crippen LogP contribution in [-0.4, -0.2) is 22.5 Å². The molecule has 1 atom stereocenters. The largest absolute Gasteiger partial charge is 0.355 e. The highest BCUT2D eigenvalue weighted by atomic mass is 15.2. The first-order valence-electron chi connectivity index (χ1n) is 10.9. The van der Waals surface area contributed by atoms with Gasteiger partial charge in [-0.3, -0.25) is 9.88 Å². The molecule has 1 aliphatic heterocycles. The van der Waals surface area contributed by atoms with Gasteiger partial charge in [0, 0.05) is 55.1 Å². The van der Waals surface area contributed by atoms with Crippen LogP contribution in [0.1, 0.15) is 36.0 Å². The Morgan fingerprint density at radius 1 is 1.07 bits per heavy atom. The Kier molecular flexibility index (Phi) is 5.26. The van der Waals surface area contributed by atoms with E-state index >= 15 is 0 Å². The van der Waals surface area contributed by atoms with Crippen LogP contribution in [0.15, 0.2) is 60.8 Å². The second kappa shape index (κ2) is 8.34. The standard InChI is InChI=1S/C27H27N3/c1-20-13-14-22(18-25(20)26-11-5-6-16-28-26)29-27-12-7-8-21-19-30(17-15-24(21)27)23-9-3-2-4-10-23/h5-8,11-14,16,18,23,29H,3,9-10,15,17,19H2,1H3. The number of pyridine rings is 1. The van der Waals surface area contributed by atoms with E-state index in [0.717, 1.165) is 43.7 Å². The smallest absolute Gasteiger partial charge is 0.0705 e. The molecule has 1 unspecified atom stereocenters. The maximum absolute atomic E-state index is 4.54. The lowest BCUT2D eigenvalue weighted by Crippen LogP contribution is -2.39. The molecule has 30 heavy (non-hydrogen) atoms. The Morgan fingerprint density at radius 3 is 2.87 bits per heavy atom. The van der Waals surface area contributed by atoms with Crippen LogP contribution in [0, 0.1) is 18.8 Å². The van der Waals surface area contributed by atoms with Gasteiger partial charge in [-0.05, 0) is 66.8 Å². The summed E-state index contributed by atoms with van der Waals surface area (Å²) in [6, 6.07) is 19.9. The lowest BCUT2D eigenvalue weighted by Gasteiger charge is -2.36. The van der Waals surface area contributed by atoms with Crippen molar-refractivity contribution in [2.75, 3.05) is 11.9 Å². The van der Waals surface area contributed by atoms with Crippen molar-refractivity contribution in [1.29, 1.82) is 0 Å². The van der Waals surface area contributed by atoms with Crippen molar-refractivity contribution in [3.05, 3.63) is 77.5 Å². The lowest BCUT2D eigenvalue weighted by molar-refractivity contribution is 0.171. The Bertz CT molecular complexity index is 1110. The summed E-state index contributed by atoms with van der Waals surface area (Å²) in [7, 11) is 0. The van der Waals surface area contributed by atoms with Crippen LogP contribution in [0.25, 0.3) is 11.3 Å². The zero-order valence-electron chi connectivity index (χ0n) is 17.5. The van der Waals surface area contributed by atoms with Gasteiger partial charge >= 0.3 is 0 Å². The van der Waals surface area contributed by atoms with Gasteiger partial charge < -0.3 is 5.32 Å². The zero-order chi connectivity index (χ0) is 20.3. The number of nitrogens with zero attached hydrogens (tertiary/aromatic N) is 2. The average molecular weight is 394 g/mol. The summed E-state index contributed by atoms with van der Waals surface area (Å²) in [4.78, 5) is 7.17. The van der Waals surface area contributed by atoms with Crippen molar-refractivity contribution in [1.82, 2.24) is 9.88 Å². The first-order valence-corrected chi connectivity index (χ1v) is 10.9. The molecule has 0 spiro atoms. The first-order chi connectivity index (χ1) is 14.8. The van der Waals surface area contributed by atoms with E-state index in [4.69, 9.17) is 0 Å². The Labute approximate surface area is 179 Å². The van der Waals surface area contributed by atoms with E-state index in [1.807, 2.05) is 18.3 Å². The fourth-order valence-electron chi connectivity index (χ4n) is 4.64. The summed E-state index contributed by atoms with van der Waals surface area (Å²) in [5.41, 5.74) is 8.67. The van der Waals surface area contributed by atoms with E-state index in [1.54, 1.807) is 0 Å². The van der Waals surface area contributed by atoms with Crippen LogP contribution in [0.5, 0.6) is 0 Å². The van der Waals surface area contributed by atoms with E-state index in [2.05, 4.69) is 76.4 Å². The van der Waals surface area contributed by atoms with E-state index in [1.165, 1.54) is 34.4 Å². The number of fused-ring (bicyclic) bond motifs is 1.